The Morgan fingerprint density at radius 3 is 1.59 bits per heavy atom. The monoisotopic (exact) mass is 478 g/mol. The molecule has 7 nitrogen and oxygen atoms in total. The van der Waals surface area contributed by atoms with Gasteiger partial charge in [-0.15, -0.1) is 0 Å². The summed E-state index contributed by atoms with van der Waals surface area (Å²) in [7, 11) is 4.12. The first-order valence-corrected chi connectivity index (χ1v) is 12.7. The number of esters is 2. The van der Waals surface area contributed by atoms with Crippen molar-refractivity contribution in [2.45, 2.75) is 102 Å². The second kappa shape index (κ2) is 15.0. The Balaban J connectivity index is 1.98. The van der Waals surface area contributed by atoms with Crippen LogP contribution in [0.25, 0.3) is 0 Å². The number of methoxy groups -OCH3 is 3. The SMILES string of the molecule is CCCCCCCCCCCCCC1(c2ccc(OC)cc2)O[C@@H](C(=O)OC)[C@H](C(=O)OC)O1. The van der Waals surface area contributed by atoms with Gasteiger partial charge in [-0.05, 0) is 30.7 Å². The van der Waals surface area contributed by atoms with E-state index in [0.29, 0.717) is 12.2 Å². The summed E-state index contributed by atoms with van der Waals surface area (Å²) in [6.07, 6.45) is 11.5. The van der Waals surface area contributed by atoms with Crippen molar-refractivity contribution in [3.05, 3.63) is 29.8 Å². The highest BCUT2D eigenvalue weighted by Crippen LogP contribution is 2.43. The van der Waals surface area contributed by atoms with E-state index in [0.717, 1.165) is 24.8 Å². The molecule has 0 N–H and O–H groups in total. The fraction of sp³-hybridized carbons (Fsp3) is 0.704. The molecule has 1 aliphatic rings. The van der Waals surface area contributed by atoms with Crippen LogP contribution in [0.3, 0.4) is 0 Å². The van der Waals surface area contributed by atoms with Gasteiger partial charge in [0.15, 0.2) is 18.0 Å². The highest BCUT2D eigenvalue weighted by Gasteiger charge is 2.55. The van der Waals surface area contributed by atoms with E-state index in [1.807, 2.05) is 24.3 Å². The minimum absolute atomic E-state index is 0.511. The first-order valence-electron chi connectivity index (χ1n) is 12.7. The van der Waals surface area contributed by atoms with Crippen LogP contribution >= 0.6 is 0 Å². The first-order chi connectivity index (χ1) is 16.5. The molecular weight excluding hydrogens is 436 g/mol. The van der Waals surface area contributed by atoms with Gasteiger partial charge in [-0.1, -0.05) is 71.1 Å². The zero-order valence-electron chi connectivity index (χ0n) is 21.3. The second-order valence-corrected chi connectivity index (χ2v) is 8.89. The summed E-state index contributed by atoms with van der Waals surface area (Å²) in [5, 5.41) is 0. The van der Waals surface area contributed by atoms with Crippen molar-refractivity contribution in [3.8, 4) is 5.75 Å². The Morgan fingerprint density at radius 2 is 1.18 bits per heavy atom. The molecule has 34 heavy (non-hydrogen) atoms. The van der Waals surface area contributed by atoms with Gasteiger partial charge >= 0.3 is 11.9 Å². The van der Waals surface area contributed by atoms with Crippen molar-refractivity contribution < 1.29 is 33.3 Å². The van der Waals surface area contributed by atoms with Gasteiger partial charge in [0.25, 0.3) is 0 Å². The molecule has 0 aliphatic carbocycles. The lowest BCUT2D eigenvalue weighted by Gasteiger charge is -2.28. The maximum atomic E-state index is 12.4. The van der Waals surface area contributed by atoms with E-state index >= 15 is 0 Å². The Labute approximate surface area is 204 Å². The Morgan fingerprint density at radius 1 is 0.735 bits per heavy atom. The standard InChI is InChI=1S/C27H42O7/c1-5-6-7-8-9-10-11-12-13-14-15-20-27(21-16-18-22(30-2)19-17-21)33-23(25(28)31-3)24(34-27)26(29)32-4/h16-19,23-24H,5-15,20H2,1-4H3/t23-,24-/m1/s1. The van der Waals surface area contributed by atoms with Crippen LogP contribution in [0.15, 0.2) is 24.3 Å². The summed E-state index contributed by atoms with van der Waals surface area (Å²) in [5.74, 6) is -1.86. The molecule has 1 aromatic rings. The maximum absolute atomic E-state index is 12.4. The van der Waals surface area contributed by atoms with Crippen molar-refractivity contribution in [2.24, 2.45) is 0 Å². The topological polar surface area (TPSA) is 80.3 Å². The summed E-state index contributed by atoms with van der Waals surface area (Å²) in [5.41, 5.74) is 0.723. The molecule has 0 spiro atoms. The normalized spacial score (nSPS) is 19.1. The summed E-state index contributed by atoms with van der Waals surface area (Å²) in [6, 6.07) is 7.29. The van der Waals surface area contributed by atoms with Gasteiger partial charge in [0.05, 0.1) is 21.3 Å². The molecule has 1 heterocycles. The van der Waals surface area contributed by atoms with E-state index in [9.17, 15) is 9.59 Å². The van der Waals surface area contributed by atoms with Crippen molar-refractivity contribution in [3.63, 3.8) is 0 Å². The van der Waals surface area contributed by atoms with Gasteiger partial charge in [0.1, 0.15) is 5.75 Å². The molecule has 1 fully saturated rings. The largest absolute Gasteiger partial charge is 0.497 e. The fourth-order valence-electron chi connectivity index (χ4n) is 4.40. The highest BCUT2D eigenvalue weighted by molar-refractivity contribution is 5.86. The molecule has 192 valence electrons. The van der Waals surface area contributed by atoms with Gasteiger partial charge in [-0.3, -0.25) is 0 Å². The number of rotatable bonds is 16. The maximum Gasteiger partial charge on any atom is 0.338 e. The number of unbranched alkanes of at least 4 members (excludes halogenated alkanes) is 10. The zero-order chi connectivity index (χ0) is 24.8. The van der Waals surface area contributed by atoms with Crippen LogP contribution < -0.4 is 4.74 Å². The minimum atomic E-state index is -1.23. The zero-order valence-corrected chi connectivity index (χ0v) is 21.3. The van der Waals surface area contributed by atoms with E-state index in [1.54, 1.807) is 7.11 Å². The Kier molecular flexibility index (Phi) is 12.4. The molecule has 0 saturated carbocycles. The first kappa shape index (κ1) is 28.1. The molecule has 0 bridgehead atoms. The van der Waals surface area contributed by atoms with Crippen LogP contribution in [-0.4, -0.2) is 45.5 Å². The number of carbonyl (C=O) groups is 2. The van der Waals surface area contributed by atoms with Crippen molar-refractivity contribution in [2.75, 3.05) is 21.3 Å². The van der Waals surface area contributed by atoms with Gasteiger partial charge in [0, 0.05) is 12.0 Å². The van der Waals surface area contributed by atoms with E-state index in [1.165, 1.54) is 65.6 Å². The van der Waals surface area contributed by atoms with Crippen molar-refractivity contribution in [1.82, 2.24) is 0 Å². The highest BCUT2D eigenvalue weighted by atomic mass is 16.8. The number of hydrogen-bond donors (Lipinski definition) is 0. The minimum Gasteiger partial charge on any atom is -0.497 e. The van der Waals surface area contributed by atoms with Gasteiger partial charge < -0.3 is 23.7 Å². The molecule has 1 aliphatic heterocycles. The predicted molar refractivity (Wildman–Crippen MR) is 130 cm³/mol. The quantitative estimate of drug-likeness (QED) is 0.223. The number of hydrogen-bond acceptors (Lipinski definition) is 7. The molecule has 2 rings (SSSR count). The third-order valence-corrected chi connectivity index (χ3v) is 6.42. The average Bonchev–Trinajstić information content (AvgIpc) is 3.27. The number of carbonyl (C=O) groups excluding carboxylic acids is 2. The van der Waals surface area contributed by atoms with E-state index < -0.39 is 29.9 Å². The van der Waals surface area contributed by atoms with Crippen LogP contribution in [0.5, 0.6) is 5.75 Å². The Bertz CT molecular complexity index is 707. The smallest absolute Gasteiger partial charge is 0.338 e. The molecule has 7 heteroatoms. The molecule has 1 aromatic carbocycles. The Hall–Kier alpha value is -2.12. The summed E-state index contributed by atoms with van der Waals surface area (Å²) >= 11 is 0. The van der Waals surface area contributed by atoms with Crippen LogP contribution in [0.1, 0.15) is 89.5 Å². The summed E-state index contributed by atoms with van der Waals surface area (Å²) < 4.78 is 27.3. The number of ether oxygens (including phenoxy) is 5. The predicted octanol–water partition coefficient (Wildman–Crippen LogP) is 5.68. The molecule has 0 radical (unpaired) electrons. The lowest BCUT2D eigenvalue weighted by molar-refractivity contribution is -0.199. The summed E-state index contributed by atoms with van der Waals surface area (Å²) in [6.45, 7) is 2.24. The fourth-order valence-corrected chi connectivity index (χ4v) is 4.40. The molecule has 2 atom stereocenters. The lowest BCUT2D eigenvalue weighted by Crippen LogP contribution is -2.38. The molecule has 0 aromatic heterocycles. The average molecular weight is 479 g/mol. The third-order valence-electron chi connectivity index (χ3n) is 6.42. The summed E-state index contributed by atoms with van der Waals surface area (Å²) in [4.78, 5) is 24.7. The van der Waals surface area contributed by atoms with Gasteiger partial charge in [0.2, 0.25) is 0 Å². The van der Waals surface area contributed by atoms with Crippen molar-refractivity contribution >= 4 is 11.9 Å². The third kappa shape index (κ3) is 7.98. The van der Waals surface area contributed by atoms with Crippen molar-refractivity contribution in [1.29, 1.82) is 0 Å². The van der Waals surface area contributed by atoms with E-state index in [-0.39, 0.29) is 0 Å². The number of benzene rings is 1. The van der Waals surface area contributed by atoms with Crippen LogP contribution in [0, 0.1) is 0 Å². The van der Waals surface area contributed by atoms with Crippen LogP contribution in [0.2, 0.25) is 0 Å². The van der Waals surface area contributed by atoms with Gasteiger partial charge in [-0.2, -0.15) is 0 Å². The molecule has 0 unspecified atom stereocenters. The van der Waals surface area contributed by atoms with E-state index in [4.69, 9.17) is 23.7 Å². The molecule has 1 saturated heterocycles. The molecular formula is C27H42O7. The lowest BCUT2D eigenvalue weighted by atomic mass is 9.98. The second-order valence-electron chi connectivity index (χ2n) is 8.89. The van der Waals surface area contributed by atoms with E-state index in [2.05, 4.69) is 6.92 Å². The molecule has 0 amide bonds. The van der Waals surface area contributed by atoms with Crippen LogP contribution in [0.4, 0.5) is 0 Å². The van der Waals surface area contributed by atoms with Gasteiger partial charge in [-0.25, -0.2) is 9.59 Å². The van der Waals surface area contributed by atoms with Crippen LogP contribution in [-0.2, 0) is 34.3 Å².